The monoisotopic (exact) mass is 581 g/mol. The SMILES string of the molecule is CC(C)[C@]1(C(=O)O)C(=O)CCC(=O)N1C(=O)[C@H](C)NC(=O)[C@H](CC(N)=O)NC(=O)[C@@H](N)Cc1ccc2ccccc2c1. The third-order valence-corrected chi connectivity index (χ3v) is 7.35. The van der Waals surface area contributed by atoms with Crippen LogP contribution in [0.15, 0.2) is 42.5 Å². The first-order valence-corrected chi connectivity index (χ1v) is 13.5. The minimum atomic E-state index is -2.44. The number of imide groups is 1. The highest BCUT2D eigenvalue weighted by molar-refractivity contribution is 6.19. The van der Waals surface area contributed by atoms with Crippen LogP contribution in [0.1, 0.15) is 45.6 Å². The van der Waals surface area contributed by atoms with Gasteiger partial charge in [-0.1, -0.05) is 56.3 Å². The fourth-order valence-corrected chi connectivity index (χ4v) is 5.15. The summed E-state index contributed by atoms with van der Waals surface area (Å²) in [6, 6.07) is 9.06. The van der Waals surface area contributed by atoms with Crippen LogP contribution in [0, 0.1) is 5.92 Å². The Morgan fingerprint density at radius 2 is 1.60 bits per heavy atom. The summed E-state index contributed by atoms with van der Waals surface area (Å²) in [6.45, 7) is 3.98. The molecule has 1 fully saturated rings. The number of hydrogen-bond acceptors (Lipinski definition) is 8. The highest BCUT2D eigenvalue weighted by Crippen LogP contribution is 2.34. The summed E-state index contributed by atoms with van der Waals surface area (Å²) in [5.74, 6) is -8.14. The first-order chi connectivity index (χ1) is 19.7. The van der Waals surface area contributed by atoms with E-state index in [9.17, 15) is 38.7 Å². The lowest BCUT2D eigenvalue weighted by molar-refractivity contribution is -0.178. The molecule has 0 spiro atoms. The lowest BCUT2D eigenvalue weighted by Gasteiger charge is -2.44. The Balaban J connectivity index is 1.75. The highest BCUT2D eigenvalue weighted by Gasteiger charge is 2.60. The molecule has 224 valence electrons. The number of carboxylic acids is 1. The molecule has 1 heterocycles. The third-order valence-electron chi connectivity index (χ3n) is 7.35. The molecule has 5 amide bonds. The molecule has 13 nitrogen and oxygen atoms in total. The van der Waals surface area contributed by atoms with Gasteiger partial charge in [-0.15, -0.1) is 0 Å². The molecule has 0 aromatic heterocycles. The number of aliphatic carboxylic acids is 1. The first kappa shape index (κ1) is 31.9. The van der Waals surface area contributed by atoms with Gasteiger partial charge < -0.3 is 27.2 Å². The largest absolute Gasteiger partial charge is 0.479 e. The lowest BCUT2D eigenvalue weighted by atomic mass is 9.75. The molecule has 1 saturated heterocycles. The second-order valence-electron chi connectivity index (χ2n) is 10.7. The predicted molar refractivity (Wildman–Crippen MR) is 150 cm³/mol. The van der Waals surface area contributed by atoms with Gasteiger partial charge in [0, 0.05) is 12.8 Å². The summed E-state index contributed by atoms with van der Waals surface area (Å²) in [5.41, 5.74) is 9.69. The van der Waals surface area contributed by atoms with Crippen LogP contribution in [0.2, 0.25) is 0 Å². The van der Waals surface area contributed by atoms with Crippen molar-refractivity contribution in [3.05, 3.63) is 48.0 Å². The standard InChI is InChI=1S/C29H35N5O8/c1-15(2)29(28(41)42)22(35)10-11-24(37)34(29)27(40)16(3)32-26(39)21(14-23(31)36)33-25(38)20(30)13-17-8-9-18-6-4-5-7-19(18)12-17/h4-9,12,15-16,20-21H,10-11,13-14,30H2,1-3H3,(H2,31,36)(H,32,39)(H,33,38)(H,41,42)/t16-,20-,21-,29+/m0/s1. The summed E-state index contributed by atoms with van der Waals surface area (Å²) >= 11 is 0. The number of nitrogens with one attached hydrogen (secondary N) is 2. The maximum absolute atomic E-state index is 13.4. The van der Waals surface area contributed by atoms with Crippen LogP contribution in [0.25, 0.3) is 10.8 Å². The molecule has 0 radical (unpaired) electrons. The third kappa shape index (κ3) is 6.46. The second-order valence-corrected chi connectivity index (χ2v) is 10.7. The van der Waals surface area contributed by atoms with Gasteiger partial charge in [-0.3, -0.25) is 33.7 Å². The first-order valence-electron chi connectivity index (χ1n) is 13.5. The van der Waals surface area contributed by atoms with E-state index in [-0.39, 0.29) is 19.3 Å². The maximum atomic E-state index is 13.4. The highest BCUT2D eigenvalue weighted by atomic mass is 16.4. The number of primary amides is 1. The molecule has 0 aliphatic carbocycles. The molecule has 3 rings (SSSR count). The minimum Gasteiger partial charge on any atom is -0.479 e. The molecule has 2 aromatic carbocycles. The number of nitrogens with zero attached hydrogens (tertiary/aromatic N) is 1. The van der Waals surface area contributed by atoms with Crippen LogP contribution >= 0.6 is 0 Å². The van der Waals surface area contributed by atoms with Crippen LogP contribution in [0.5, 0.6) is 0 Å². The summed E-state index contributed by atoms with van der Waals surface area (Å²) < 4.78 is 0. The fraction of sp³-hybridized carbons (Fsp3) is 0.414. The molecule has 2 aromatic rings. The van der Waals surface area contributed by atoms with E-state index < -0.39 is 77.3 Å². The van der Waals surface area contributed by atoms with Gasteiger partial charge in [0.05, 0.1) is 12.5 Å². The molecule has 0 bridgehead atoms. The van der Waals surface area contributed by atoms with Crippen molar-refractivity contribution in [2.75, 3.05) is 0 Å². The molecule has 1 aliphatic rings. The molecule has 42 heavy (non-hydrogen) atoms. The van der Waals surface area contributed by atoms with Crippen molar-refractivity contribution >= 4 is 52.1 Å². The number of likely N-dealkylation sites (tertiary alicyclic amines) is 1. The van der Waals surface area contributed by atoms with Crippen molar-refractivity contribution in [1.29, 1.82) is 0 Å². The zero-order chi connectivity index (χ0) is 31.4. The van der Waals surface area contributed by atoms with Crippen molar-refractivity contribution < 1.29 is 38.7 Å². The Kier molecular flexibility index (Phi) is 9.79. The number of carbonyl (C=O) groups excluding carboxylic acids is 6. The van der Waals surface area contributed by atoms with E-state index in [2.05, 4.69) is 10.6 Å². The Morgan fingerprint density at radius 3 is 2.19 bits per heavy atom. The van der Waals surface area contributed by atoms with Gasteiger partial charge in [-0.2, -0.15) is 0 Å². The van der Waals surface area contributed by atoms with E-state index >= 15 is 0 Å². The van der Waals surface area contributed by atoms with Gasteiger partial charge in [0.15, 0.2) is 5.78 Å². The quantitative estimate of drug-likeness (QED) is 0.221. The van der Waals surface area contributed by atoms with Crippen LogP contribution in [0.4, 0.5) is 0 Å². The van der Waals surface area contributed by atoms with E-state index in [1.807, 2.05) is 42.5 Å². The van der Waals surface area contributed by atoms with Crippen molar-refractivity contribution in [2.24, 2.45) is 17.4 Å². The zero-order valence-corrected chi connectivity index (χ0v) is 23.6. The van der Waals surface area contributed by atoms with Gasteiger partial charge in [-0.25, -0.2) is 4.79 Å². The number of piperidine rings is 1. The van der Waals surface area contributed by atoms with Gasteiger partial charge >= 0.3 is 5.97 Å². The summed E-state index contributed by atoms with van der Waals surface area (Å²) in [7, 11) is 0. The van der Waals surface area contributed by atoms with Crippen LogP contribution < -0.4 is 22.1 Å². The lowest BCUT2D eigenvalue weighted by Crippen LogP contribution is -2.71. The molecule has 0 saturated carbocycles. The number of amides is 5. The molecule has 4 atom stereocenters. The Bertz CT molecular complexity index is 1440. The van der Waals surface area contributed by atoms with Crippen molar-refractivity contribution in [2.45, 2.75) is 70.1 Å². The molecular formula is C29H35N5O8. The summed E-state index contributed by atoms with van der Waals surface area (Å²) in [5, 5.41) is 16.6. The average Bonchev–Trinajstić information content (AvgIpc) is 2.92. The Morgan fingerprint density at radius 1 is 0.952 bits per heavy atom. The number of hydrogen-bond donors (Lipinski definition) is 5. The van der Waals surface area contributed by atoms with Crippen LogP contribution in [-0.2, 0) is 40.0 Å². The molecule has 0 unspecified atom stereocenters. The Labute approximate surface area is 242 Å². The predicted octanol–water partition coefficient (Wildman–Crippen LogP) is -0.228. The van der Waals surface area contributed by atoms with Crippen LogP contribution in [0.3, 0.4) is 0 Å². The van der Waals surface area contributed by atoms with E-state index in [1.165, 1.54) is 20.8 Å². The fourth-order valence-electron chi connectivity index (χ4n) is 5.15. The normalized spacial score (nSPS) is 19.2. The molecule has 1 aliphatic heterocycles. The van der Waals surface area contributed by atoms with Crippen molar-refractivity contribution in [1.82, 2.24) is 15.5 Å². The number of Topliss-reactive ketones (excluding diaryl/α,β-unsaturated/α-hetero) is 1. The van der Waals surface area contributed by atoms with Crippen molar-refractivity contribution in [3.8, 4) is 0 Å². The topological polar surface area (TPSA) is 219 Å². The van der Waals surface area contributed by atoms with E-state index in [0.29, 0.717) is 4.90 Å². The smallest absolute Gasteiger partial charge is 0.338 e. The van der Waals surface area contributed by atoms with Crippen molar-refractivity contribution in [3.63, 3.8) is 0 Å². The average molecular weight is 582 g/mol. The summed E-state index contributed by atoms with van der Waals surface area (Å²) in [6.07, 6.45) is -1.23. The number of benzene rings is 2. The zero-order valence-electron chi connectivity index (χ0n) is 23.6. The minimum absolute atomic E-state index is 0.119. The van der Waals surface area contributed by atoms with Gasteiger partial charge in [0.2, 0.25) is 29.2 Å². The van der Waals surface area contributed by atoms with Gasteiger partial charge in [0.25, 0.3) is 5.91 Å². The second kappa shape index (κ2) is 12.9. The van der Waals surface area contributed by atoms with E-state index in [1.54, 1.807) is 0 Å². The number of carboxylic acid groups (broad SMARTS) is 1. The number of rotatable bonds is 11. The van der Waals surface area contributed by atoms with E-state index in [0.717, 1.165) is 16.3 Å². The molecule has 7 N–H and O–H groups in total. The number of nitrogens with two attached hydrogens (primary N) is 2. The molecular weight excluding hydrogens is 546 g/mol. The van der Waals surface area contributed by atoms with E-state index in [4.69, 9.17) is 11.5 Å². The maximum Gasteiger partial charge on any atom is 0.338 e. The Hall–Kier alpha value is -4.65. The molecule has 13 heteroatoms. The summed E-state index contributed by atoms with van der Waals surface area (Å²) in [4.78, 5) is 89.3. The van der Waals surface area contributed by atoms with Crippen LogP contribution in [-0.4, -0.2) is 75.0 Å². The number of carbonyl (C=O) groups is 7. The van der Waals surface area contributed by atoms with Gasteiger partial charge in [-0.05, 0) is 35.6 Å². The number of fused-ring (bicyclic) bond motifs is 1. The van der Waals surface area contributed by atoms with Gasteiger partial charge in [0.1, 0.15) is 12.1 Å². The number of ketones is 1.